The third kappa shape index (κ3) is 10.1. The highest BCUT2D eigenvalue weighted by Crippen LogP contribution is 2.14. The van der Waals surface area contributed by atoms with Gasteiger partial charge in [0.1, 0.15) is 0 Å². The maximum atomic E-state index is 5.77. The molecule has 0 fully saturated rings. The van der Waals surface area contributed by atoms with Gasteiger partial charge in [0, 0.05) is 20.2 Å². The topological polar surface area (TPSA) is 59.6 Å². The first-order chi connectivity index (χ1) is 8.24. The summed E-state index contributed by atoms with van der Waals surface area (Å²) in [5.41, 5.74) is 5.77. The maximum Gasteiger partial charge on any atom is 0.188 e. The first-order valence-corrected chi connectivity index (χ1v) is 6.77. The summed E-state index contributed by atoms with van der Waals surface area (Å²) in [5, 5.41) is 3.04. The molecule has 0 saturated carbocycles. The van der Waals surface area contributed by atoms with E-state index >= 15 is 0 Å². The Balaban J connectivity index is 3.85. The molecule has 3 N–H and O–H groups in total. The van der Waals surface area contributed by atoms with Crippen molar-refractivity contribution < 1.29 is 4.74 Å². The summed E-state index contributed by atoms with van der Waals surface area (Å²) in [6.07, 6.45) is 6.28. The largest absolute Gasteiger partial charge is 0.383 e. The lowest BCUT2D eigenvalue weighted by molar-refractivity contribution is 0.204. The number of guanidine groups is 1. The van der Waals surface area contributed by atoms with E-state index in [0.29, 0.717) is 18.5 Å². The van der Waals surface area contributed by atoms with E-state index in [2.05, 4.69) is 24.2 Å². The van der Waals surface area contributed by atoms with Crippen LogP contribution in [0.1, 0.15) is 46.0 Å². The van der Waals surface area contributed by atoms with Crippen LogP contribution in [0, 0.1) is 5.92 Å². The fourth-order valence-corrected chi connectivity index (χ4v) is 1.79. The standard InChI is InChI=1S/C13H29N3O/c1-4-6-8-12(7-5-2)11-16-13(14)15-9-10-17-3/h12H,4-11H2,1-3H3,(H3,14,15,16). The molecule has 0 saturated heterocycles. The molecule has 0 aromatic heterocycles. The predicted molar refractivity (Wildman–Crippen MR) is 74.3 cm³/mol. The quantitative estimate of drug-likeness (QED) is 0.351. The van der Waals surface area contributed by atoms with Gasteiger partial charge < -0.3 is 15.8 Å². The molecule has 0 radical (unpaired) electrons. The SMILES string of the molecule is CCCCC(CCC)CN=C(N)NCCOC. The van der Waals surface area contributed by atoms with E-state index in [1.807, 2.05) is 0 Å². The smallest absolute Gasteiger partial charge is 0.188 e. The summed E-state index contributed by atoms with van der Waals surface area (Å²) in [4.78, 5) is 4.40. The number of ether oxygens (including phenoxy) is 1. The van der Waals surface area contributed by atoms with Crippen molar-refractivity contribution in [3.8, 4) is 0 Å². The lowest BCUT2D eigenvalue weighted by Crippen LogP contribution is -2.34. The summed E-state index contributed by atoms with van der Waals surface area (Å²) >= 11 is 0. The van der Waals surface area contributed by atoms with Crippen LogP contribution in [0.2, 0.25) is 0 Å². The monoisotopic (exact) mass is 243 g/mol. The average molecular weight is 243 g/mol. The van der Waals surface area contributed by atoms with Crippen LogP contribution >= 0.6 is 0 Å². The molecule has 4 heteroatoms. The van der Waals surface area contributed by atoms with Gasteiger partial charge in [-0.2, -0.15) is 0 Å². The van der Waals surface area contributed by atoms with Crippen LogP contribution in [0.25, 0.3) is 0 Å². The van der Waals surface area contributed by atoms with Crippen molar-refractivity contribution in [3.63, 3.8) is 0 Å². The molecule has 0 amide bonds. The number of nitrogens with two attached hydrogens (primary N) is 1. The predicted octanol–water partition coefficient (Wildman–Crippen LogP) is 2.14. The zero-order valence-corrected chi connectivity index (χ0v) is 11.7. The van der Waals surface area contributed by atoms with Crippen LogP contribution in [0.5, 0.6) is 0 Å². The number of unbranched alkanes of at least 4 members (excludes halogenated alkanes) is 1. The second kappa shape index (κ2) is 11.7. The molecule has 1 atom stereocenters. The average Bonchev–Trinajstić information content (AvgIpc) is 2.33. The fraction of sp³-hybridized carbons (Fsp3) is 0.923. The summed E-state index contributed by atoms with van der Waals surface area (Å²) < 4.78 is 4.94. The van der Waals surface area contributed by atoms with Gasteiger partial charge in [-0.15, -0.1) is 0 Å². The zero-order chi connectivity index (χ0) is 12.9. The van der Waals surface area contributed by atoms with Gasteiger partial charge in [0.05, 0.1) is 6.61 Å². The highest BCUT2D eigenvalue weighted by atomic mass is 16.5. The van der Waals surface area contributed by atoms with E-state index in [-0.39, 0.29) is 0 Å². The van der Waals surface area contributed by atoms with Gasteiger partial charge in [-0.3, -0.25) is 4.99 Å². The molecule has 102 valence electrons. The lowest BCUT2D eigenvalue weighted by Gasteiger charge is -2.13. The van der Waals surface area contributed by atoms with E-state index in [1.165, 1.54) is 32.1 Å². The number of hydrogen-bond donors (Lipinski definition) is 2. The Bertz CT molecular complexity index is 195. The molecule has 0 aliphatic carbocycles. The number of nitrogens with one attached hydrogen (secondary N) is 1. The van der Waals surface area contributed by atoms with E-state index in [4.69, 9.17) is 10.5 Å². The Hall–Kier alpha value is -0.770. The minimum atomic E-state index is 0.541. The molecule has 4 nitrogen and oxygen atoms in total. The Morgan fingerprint density at radius 2 is 2.06 bits per heavy atom. The van der Waals surface area contributed by atoms with Gasteiger partial charge in [-0.1, -0.05) is 33.1 Å². The second-order valence-electron chi connectivity index (χ2n) is 4.44. The maximum absolute atomic E-state index is 5.77. The van der Waals surface area contributed by atoms with Crippen molar-refractivity contribution in [3.05, 3.63) is 0 Å². The first-order valence-electron chi connectivity index (χ1n) is 6.77. The summed E-state index contributed by atoms with van der Waals surface area (Å²) in [7, 11) is 1.68. The first kappa shape index (κ1) is 16.2. The zero-order valence-electron chi connectivity index (χ0n) is 11.7. The third-order valence-corrected chi connectivity index (χ3v) is 2.79. The minimum Gasteiger partial charge on any atom is -0.383 e. The van der Waals surface area contributed by atoms with E-state index < -0.39 is 0 Å². The van der Waals surface area contributed by atoms with Gasteiger partial charge >= 0.3 is 0 Å². The molecule has 1 unspecified atom stereocenters. The molecule has 0 aliphatic rings. The van der Waals surface area contributed by atoms with E-state index in [9.17, 15) is 0 Å². The molecule has 0 aromatic rings. The Morgan fingerprint density at radius 3 is 2.65 bits per heavy atom. The van der Waals surface area contributed by atoms with Crippen LogP contribution < -0.4 is 11.1 Å². The second-order valence-corrected chi connectivity index (χ2v) is 4.44. The van der Waals surface area contributed by atoms with Crippen LogP contribution in [0.3, 0.4) is 0 Å². The lowest BCUT2D eigenvalue weighted by atomic mass is 9.97. The number of methoxy groups -OCH3 is 1. The Labute approximate surface area is 106 Å². The van der Waals surface area contributed by atoms with Gasteiger partial charge in [-0.25, -0.2) is 0 Å². The van der Waals surface area contributed by atoms with E-state index in [0.717, 1.165) is 13.1 Å². The van der Waals surface area contributed by atoms with E-state index in [1.54, 1.807) is 7.11 Å². The van der Waals surface area contributed by atoms with Crippen LogP contribution in [0.4, 0.5) is 0 Å². The summed E-state index contributed by atoms with van der Waals surface area (Å²) in [5.74, 6) is 1.22. The molecule has 0 rings (SSSR count). The third-order valence-electron chi connectivity index (χ3n) is 2.79. The van der Waals surface area contributed by atoms with Gasteiger partial charge in [0.2, 0.25) is 0 Å². The summed E-state index contributed by atoms with van der Waals surface area (Å²) in [6.45, 7) is 6.68. The van der Waals surface area contributed by atoms with Crippen LogP contribution in [-0.2, 0) is 4.74 Å². The molecular weight excluding hydrogens is 214 g/mol. The number of rotatable bonds is 10. The van der Waals surface area contributed by atoms with Gasteiger partial charge in [-0.05, 0) is 18.8 Å². The Kier molecular flexibility index (Phi) is 11.2. The number of aliphatic imine (C=N–C) groups is 1. The van der Waals surface area contributed by atoms with Crippen molar-refractivity contribution >= 4 is 5.96 Å². The van der Waals surface area contributed by atoms with Crippen molar-refractivity contribution in [1.82, 2.24) is 5.32 Å². The minimum absolute atomic E-state index is 0.541. The summed E-state index contributed by atoms with van der Waals surface area (Å²) in [6, 6.07) is 0. The molecule has 0 bridgehead atoms. The van der Waals surface area contributed by atoms with Crippen molar-refractivity contribution in [2.75, 3.05) is 26.8 Å². The van der Waals surface area contributed by atoms with Crippen LogP contribution in [0.15, 0.2) is 4.99 Å². The highest BCUT2D eigenvalue weighted by Gasteiger charge is 2.06. The molecule has 0 aromatic carbocycles. The Morgan fingerprint density at radius 1 is 1.29 bits per heavy atom. The number of hydrogen-bond acceptors (Lipinski definition) is 2. The molecular formula is C13H29N3O. The fourth-order valence-electron chi connectivity index (χ4n) is 1.79. The van der Waals surface area contributed by atoms with Crippen LogP contribution in [-0.4, -0.2) is 32.8 Å². The van der Waals surface area contributed by atoms with Gasteiger partial charge in [0.15, 0.2) is 5.96 Å². The molecule has 0 spiro atoms. The van der Waals surface area contributed by atoms with Crippen molar-refractivity contribution in [2.45, 2.75) is 46.0 Å². The van der Waals surface area contributed by atoms with Crippen molar-refractivity contribution in [2.24, 2.45) is 16.6 Å². The normalized spacial score (nSPS) is 13.7. The van der Waals surface area contributed by atoms with Crippen molar-refractivity contribution in [1.29, 1.82) is 0 Å². The highest BCUT2D eigenvalue weighted by molar-refractivity contribution is 5.77. The number of nitrogens with zero attached hydrogens (tertiary/aromatic N) is 1. The molecule has 0 heterocycles. The molecule has 17 heavy (non-hydrogen) atoms. The van der Waals surface area contributed by atoms with Gasteiger partial charge in [0.25, 0.3) is 0 Å². The molecule has 0 aliphatic heterocycles.